The largest absolute Gasteiger partial charge is 0.497 e. The molecule has 0 saturated carbocycles. The molecule has 7 nitrogen and oxygen atoms in total. The molecular formula is C23H22N4O3S. The minimum absolute atomic E-state index is 0.168. The van der Waals surface area contributed by atoms with E-state index in [9.17, 15) is 4.79 Å². The minimum Gasteiger partial charge on any atom is -0.497 e. The number of fused-ring (bicyclic) bond motifs is 1. The molecule has 1 amide bonds. The zero-order chi connectivity index (χ0) is 21.8. The Morgan fingerprint density at radius 3 is 2.65 bits per heavy atom. The molecule has 31 heavy (non-hydrogen) atoms. The standard InChI is InChI=1S/C23H22N4O3S/c1-15-4-6-16(7-5-15)18-13-20-23(24-10-11-27(20)26-18)31-14-22(28)25-19-12-17(29-2)8-9-21(19)30-3/h4-13H,14H2,1-3H3,(H,25,28). The van der Waals surface area contributed by atoms with Gasteiger partial charge in [0.05, 0.1) is 36.9 Å². The molecule has 2 aromatic heterocycles. The van der Waals surface area contributed by atoms with Crippen molar-refractivity contribution in [1.29, 1.82) is 0 Å². The molecule has 0 saturated heterocycles. The number of hydrogen-bond acceptors (Lipinski definition) is 6. The average Bonchev–Trinajstić information content (AvgIpc) is 3.23. The van der Waals surface area contributed by atoms with Crippen molar-refractivity contribution in [2.24, 2.45) is 0 Å². The molecule has 8 heteroatoms. The summed E-state index contributed by atoms with van der Waals surface area (Å²) in [6.45, 7) is 2.05. The molecule has 0 atom stereocenters. The van der Waals surface area contributed by atoms with Gasteiger partial charge in [-0.15, -0.1) is 0 Å². The van der Waals surface area contributed by atoms with Crippen molar-refractivity contribution in [2.45, 2.75) is 11.9 Å². The Labute approximate surface area is 184 Å². The van der Waals surface area contributed by atoms with Gasteiger partial charge in [0.2, 0.25) is 5.91 Å². The fourth-order valence-electron chi connectivity index (χ4n) is 3.11. The van der Waals surface area contributed by atoms with E-state index in [0.717, 1.165) is 21.8 Å². The van der Waals surface area contributed by atoms with Crippen LogP contribution in [-0.2, 0) is 4.79 Å². The normalized spacial score (nSPS) is 10.8. The molecule has 0 spiro atoms. The molecule has 158 valence electrons. The number of anilines is 1. The zero-order valence-corrected chi connectivity index (χ0v) is 18.3. The third-order valence-corrected chi connectivity index (χ3v) is 5.72. The maximum atomic E-state index is 12.6. The number of methoxy groups -OCH3 is 2. The summed E-state index contributed by atoms with van der Waals surface area (Å²) in [5.41, 5.74) is 4.51. The van der Waals surface area contributed by atoms with Crippen LogP contribution in [0.4, 0.5) is 5.69 Å². The fraction of sp³-hybridized carbons (Fsp3) is 0.174. The number of aromatic nitrogens is 3. The number of rotatable bonds is 7. The summed E-state index contributed by atoms with van der Waals surface area (Å²) >= 11 is 1.36. The van der Waals surface area contributed by atoms with Crippen LogP contribution in [0, 0.1) is 6.92 Å². The molecule has 0 aliphatic carbocycles. The topological polar surface area (TPSA) is 77.8 Å². The Bertz CT molecular complexity index is 1220. The van der Waals surface area contributed by atoms with Gasteiger partial charge in [0.1, 0.15) is 16.5 Å². The molecule has 0 aliphatic rings. The van der Waals surface area contributed by atoms with Crippen LogP contribution in [0.5, 0.6) is 11.5 Å². The Kier molecular flexibility index (Phi) is 6.08. The molecule has 0 radical (unpaired) electrons. The summed E-state index contributed by atoms with van der Waals surface area (Å²) < 4.78 is 12.3. The van der Waals surface area contributed by atoms with Gasteiger partial charge in [-0.1, -0.05) is 41.6 Å². The summed E-state index contributed by atoms with van der Waals surface area (Å²) in [4.78, 5) is 17.0. The molecule has 4 rings (SSSR count). The molecule has 1 N–H and O–H groups in total. The van der Waals surface area contributed by atoms with Crippen molar-refractivity contribution < 1.29 is 14.3 Å². The van der Waals surface area contributed by atoms with E-state index in [1.165, 1.54) is 17.3 Å². The molecule has 0 unspecified atom stereocenters. The first-order valence-electron chi connectivity index (χ1n) is 9.63. The lowest BCUT2D eigenvalue weighted by molar-refractivity contribution is -0.113. The average molecular weight is 435 g/mol. The first-order valence-corrected chi connectivity index (χ1v) is 10.6. The van der Waals surface area contributed by atoms with Gasteiger partial charge in [0, 0.05) is 24.0 Å². The maximum Gasteiger partial charge on any atom is 0.234 e. The Balaban J connectivity index is 1.50. The smallest absolute Gasteiger partial charge is 0.234 e. The second kappa shape index (κ2) is 9.09. The highest BCUT2D eigenvalue weighted by atomic mass is 32.2. The third kappa shape index (κ3) is 4.64. The predicted molar refractivity (Wildman–Crippen MR) is 122 cm³/mol. The van der Waals surface area contributed by atoms with Gasteiger partial charge in [-0.2, -0.15) is 5.10 Å². The molecular weight excluding hydrogens is 412 g/mol. The number of carbonyl (C=O) groups is 1. The number of nitrogens with one attached hydrogen (secondary N) is 1. The van der Waals surface area contributed by atoms with Crippen molar-refractivity contribution in [3.05, 3.63) is 66.5 Å². The molecule has 2 heterocycles. The van der Waals surface area contributed by atoms with E-state index in [-0.39, 0.29) is 11.7 Å². The summed E-state index contributed by atoms with van der Waals surface area (Å²) in [6.07, 6.45) is 3.49. The predicted octanol–water partition coefficient (Wildman–Crippen LogP) is 4.45. The van der Waals surface area contributed by atoms with Crippen LogP contribution in [0.3, 0.4) is 0 Å². The van der Waals surface area contributed by atoms with E-state index in [4.69, 9.17) is 9.47 Å². The summed E-state index contributed by atoms with van der Waals surface area (Å²) in [5.74, 6) is 1.23. The van der Waals surface area contributed by atoms with E-state index in [1.807, 2.05) is 18.2 Å². The van der Waals surface area contributed by atoms with Gasteiger partial charge in [0.25, 0.3) is 0 Å². The summed E-state index contributed by atoms with van der Waals surface area (Å²) in [6, 6.07) is 15.5. The number of carbonyl (C=O) groups excluding carboxylic acids is 1. The van der Waals surface area contributed by atoms with E-state index in [2.05, 4.69) is 34.5 Å². The number of thioether (sulfide) groups is 1. The summed E-state index contributed by atoms with van der Waals surface area (Å²) in [5, 5.41) is 8.26. The van der Waals surface area contributed by atoms with E-state index >= 15 is 0 Å². The molecule has 0 bridgehead atoms. The second-order valence-corrected chi connectivity index (χ2v) is 7.82. The zero-order valence-electron chi connectivity index (χ0n) is 17.5. The lowest BCUT2D eigenvalue weighted by atomic mass is 10.1. The quantitative estimate of drug-likeness (QED) is 0.433. The Morgan fingerprint density at radius 1 is 1.10 bits per heavy atom. The SMILES string of the molecule is COc1ccc(OC)c(NC(=O)CSc2nccn3nc(-c4ccc(C)cc4)cc23)c1. The van der Waals surface area contributed by atoms with Gasteiger partial charge in [-0.3, -0.25) is 4.79 Å². The van der Waals surface area contributed by atoms with Gasteiger partial charge < -0.3 is 14.8 Å². The van der Waals surface area contributed by atoms with Crippen LogP contribution in [0.1, 0.15) is 5.56 Å². The number of aryl methyl sites for hydroxylation is 1. The van der Waals surface area contributed by atoms with Crippen molar-refractivity contribution in [2.75, 3.05) is 25.3 Å². The van der Waals surface area contributed by atoms with Crippen molar-refractivity contribution >= 4 is 28.9 Å². The van der Waals surface area contributed by atoms with Crippen molar-refractivity contribution in [3.63, 3.8) is 0 Å². The molecule has 4 aromatic rings. The van der Waals surface area contributed by atoms with Crippen molar-refractivity contribution in [1.82, 2.24) is 14.6 Å². The highest BCUT2D eigenvalue weighted by molar-refractivity contribution is 8.00. The maximum absolute atomic E-state index is 12.6. The number of nitrogens with zero attached hydrogens (tertiary/aromatic N) is 3. The first-order chi connectivity index (χ1) is 15.1. The van der Waals surface area contributed by atoms with Crippen molar-refractivity contribution in [3.8, 4) is 22.8 Å². The lowest BCUT2D eigenvalue weighted by Gasteiger charge is -2.11. The van der Waals surface area contributed by atoms with Crippen LogP contribution >= 0.6 is 11.8 Å². The number of benzene rings is 2. The van der Waals surface area contributed by atoms with Crippen LogP contribution in [-0.4, -0.2) is 40.5 Å². The number of hydrogen-bond donors (Lipinski definition) is 1. The Hall–Kier alpha value is -3.52. The Morgan fingerprint density at radius 2 is 1.90 bits per heavy atom. The third-order valence-electron chi connectivity index (χ3n) is 4.72. The van der Waals surface area contributed by atoms with Gasteiger partial charge in [-0.05, 0) is 25.1 Å². The monoisotopic (exact) mass is 434 g/mol. The highest BCUT2D eigenvalue weighted by Crippen LogP contribution is 2.30. The van der Waals surface area contributed by atoms with E-state index < -0.39 is 0 Å². The molecule has 0 fully saturated rings. The van der Waals surface area contributed by atoms with Crippen LogP contribution in [0.15, 0.2) is 66.0 Å². The highest BCUT2D eigenvalue weighted by Gasteiger charge is 2.13. The molecule has 2 aromatic carbocycles. The van der Waals surface area contributed by atoms with Gasteiger partial charge >= 0.3 is 0 Å². The summed E-state index contributed by atoms with van der Waals surface area (Å²) in [7, 11) is 3.13. The number of ether oxygens (including phenoxy) is 2. The van der Waals surface area contributed by atoms with Gasteiger partial charge in [-0.25, -0.2) is 9.50 Å². The van der Waals surface area contributed by atoms with E-state index in [1.54, 1.807) is 49.3 Å². The van der Waals surface area contributed by atoms with Crippen LogP contribution in [0.25, 0.3) is 16.8 Å². The van der Waals surface area contributed by atoms with Gasteiger partial charge in [0.15, 0.2) is 0 Å². The second-order valence-electron chi connectivity index (χ2n) is 6.86. The number of amides is 1. The first kappa shape index (κ1) is 20.7. The fourth-order valence-corrected chi connectivity index (χ4v) is 3.88. The van der Waals surface area contributed by atoms with E-state index in [0.29, 0.717) is 17.2 Å². The minimum atomic E-state index is -0.168. The molecule has 0 aliphatic heterocycles. The van der Waals surface area contributed by atoms with Crippen LogP contribution < -0.4 is 14.8 Å². The van der Waals surface area contributed by atoms with Crippen LogP contribution in [0.2, 0.25) is 0 Å². The lowest BCUT2D eigenvalue weighted by Crippen LogP contribution is -2.15.